The van der Waals surface area contributed by atoms with Crippen LogP contribution >= 0.6 is 11.8 Å². The molecule has 3 aromatic rings. The highest BCUT2D eigenvalue weighted by Gasteiger charge is 2.13. The smallest absolute Gasteiger partial charge is 0.234 e. The highest BCUT2D eigenvalue weighted by Crippen LogP contribution is 2.26. The highest BCUT2D eigenvalue weighted by atomic mass is 32.2. The van der Waals surface area contributed by atoms with Crippen LogP contribution in [0.25, 0.3) is 5.69 Å². The third-order valence-corrected chi connectivity index (χ3v) is 4.76. The number of anilines is 1. The molecule has 134 valence electrons. The zero-order chi connectivity index (χ0) is 18.4. The first-order valence-corrected chi connectivity index (χ1v) is 9.25. The van der Waals surface area contributed by atoms with E-state index in [0.29, 0.717) is 5.16 Å². The van der Waals surface area contributed by atoms with Crippen molar-refractivity contribution in [1.29, 1.82) is 0 Å². The van der Waals surface area contributed by atoms with Crippen molar-refractivity contribution in [3.8, 4) is 11.4 Å². The first kappa shape index (κ1) is 18.0. The molecular weight excluding hydrogens is 348 g/mol. The van der Waals surface area contributed by atoms with Gasteiger partial charge in [0.25, 0.3) is 0 Å². The van der Waals surface area contributed by atoms with E-state index < -0.39 is 0 Å². The second kappa shape index (κ2) is 8.53. The number of hydrogen-bond donors (Lipinski definition) is 1. The second-order valence-corrected chi connectivity index (χ2v) is 6.49. The summed E-state index contributed by atoms with van der Waals surface area (Å²) in [4.78, 5) is 12.3. The van der Waals surface area contributed by atoms with Crippen LogP contribution in [0.1, 0.15) is 12.5 Å². The minimum atomic E-state index is -0.0853. The molecule has 0 unspecified atom stereocenters. The number of carbonyl (C=O) groups excluding carboxylic acids is 1. The van der Waals surface area contributed by atoms with Gasteiger partial charge < -0.3 is 10.1 Å². The fourth-order valence-electron chi connectivity index (χ4n) is 2.51. The van der Waals surface area contributed by atoms with E-state index >= 15 is 0 Å². The van der Waals surface area contributed by atoms with Gasteiger partial charge in [0.2, 0.25) is 5.91 Å². The molecule has 26 heavy (non-hydrogen) atoms. The van der Waals surface area contributed by atoms with Crippen LogP contribution in [0.3, 0.4) is 0 Å². The summed E-state index contributed by atoms with van der Waals surface area (Å²) < 4.78 is 7.20. The number of benzene rings is 2. The molecule has 0 bridgehead atoms. The molecule has 1 amide bonds. The first-order chi connectivity index (χ1) is 12.7. The van der Waals surface area contributed by atoms with Crippen LogP contribution in [0.4, 0.5) is 5.69 Å². The monoisotopic (exact) mass is 368 g/mol. The van der Waals surface area contributed by atoms with Crippen molar-refractivity contribution in [1.82, 2.24) is 14.8 Å². The van der Waals surface area contributed by atoms with Crippen molar-refractivity contribution in [2.24, 2.45) is 0 Å². The summed E-state index contributed by atoms with van der Waals surface area (Å²) >= 11 is 1.33. The van der Waals surface area contributed by atoms with Crippen LogP contribution in [-0.4, -0.2) is 33.5 Å². The van der Waals surface area contributed by atoms with E-state index in [2.05, 4.69) is 22.4 Å². The lowest BCUT2D eigenvalue weighted by atomic mass is 10.1. The Morgan fingerprint density at radius 2 is 2.08 bits per heavy atom. The summed E-state index contributed by atoms with van der Waals surface area (Å²) in [6.45, 7) is 2.08. The van der Waals surface area contributed by atoms with Crippen molar-refractivity contribution in [2.75, 3.05) is 18.2 Å². The van der Waals surface area contributed by atoms with Crippen LogP contribution < -0.4 is 10.1 Å². The molecule has 7 heteroatoms. The molecule has 0 spiro atoms. The highest BCUT2D eigenvalue weighted by molar-refractivity contribution is 7.99. The Kier molecular flexibility index (Phi) is 5.91. The number of rotatable bonds is 7. The SMILES string of the molecule is CCc1cccc(NC(=O)CSc2nncn2-c2ccccc2OC)c1. The zero-order valence-corrected chi connectivity index (χ0v) is 15.5. The normalized spacial score (nSPS) is 10.5. The van der Waals surface area contributed by atoms with Gasteiger partial charge in [-0.1, -0.05) is 43.0 Å². The van der Waals surface area contributed by atoms with Gasteiger partial charge in [0, 0.05) is 5.69 Å². The lowest BCUT2D eigenvalue weighted by Gasteiger charge is -2.10. The molecule has 0 saturated carbocycles. The van der Waals surface area contributed by atoms with E-state index in [0.717, 1.165) is 23.5 Å². The number of nitrogens with one attached hydrogen (secondary N) is 1. The predicted octanol–water partition coefficient (Wildman–Crippen LogP) is 3.57. The molecule has 1 aromatic heterocycles. The number of nitrogens with zero attached hydrogens (tertiary/aromatic N) is 3. The summed E-state index contributed by atoms with van der Waals surface area (Å²) in [5.41, 5.74) is 2.83. The Labute approximate surface area is 156 Å². The third-order valence-electron chi connectivity index (χ3n) is 3.81. The number of aryl methyl sites for hydroxylation is 1. The number of thioether (sulfide) groups is 1. The first-order valence-electron chi connectivity index (χ1n) is 8.26. The molecule has 0 aliphatic carbocycles. The van der Waals surface area contributed by atoms with Crippen molar-refractivity contribution >= 4 is 23.4 Å². The summed E-state index contributed by atoms with van der Waals surface area (Å²) in [5.74, 6) is 0.873. The van der Waals surface area contributed by atoms with Crippen LogP contribution in [0, 0.1) is 0 Å². The minimum Gasteiger partial charge on any atom is -0.495 e. The van der Waals surface area contributed by atoms with E-state index in [-0.39, 0.29) is 11.7 Å². The fourth-order valence-corrected chi connectivity index (χ4v) is 3.23. The number of amides is 1. The van der Waals surface area contributed by atoms with Gasteiger partial charge in [0.15, 0.2) is 5.16 Å². The number of hydrogen-bond acceptors (Lipinski definition) is 5. The number of para-hydroxylation sites is 2. The van der Waals surface area contributed by atoms with Gasteiger partial charge in [-0.3, -0.25) is 9.36 Å². The van der Waals surface area contributed by atoms with Crippen molar-refractivity contribution < 1.29 is 9.53 Å². The molecule has 0 saturated heterocycles. The maximum atomic E-state index is 12.3. The summed E-state index contributed by atoms with van der Waals surface area (Å²) in [6.07, 6.45) is 2.54. The van der Waals surface area contributed by atoms with Crippen LogP contribution in [-0.2, 0) is 11.2 Å². The van der Waals surface area contributed by atoms with Gasteiger partial charge in [0.05, 0.1) is 18.6 Å². The lowest BCUT2D eigenvalue weighted by molar-refractivity contribution is -0.113. The van der Waals surface area contributed by atoms with Crippen molar-refractivity contribution in [3.05, 3.63) is 60.4 Å². The number of ether oxygens (including phenoxy) is 1. The Hall–Kier alpha value is -2.80. The number of methoxy groups -OCH3 is 1. The third kappa shape index (κ3) is 4.23. The van der Waals surface area contributed by atoms with E-state index in [1.165, 1.54) is 17.3 Å². The van der Waals surface area contributed by atoms with E-state index in [1.807, 2.05) is 53.1 Å². The molecule has 0 atom stereocenters. The van der Waals surface area contributed by atoms with Gasteiger partial charge in [-0.15, -0.1) is 10.2 Å². The molecule has 1 N–H and O–H groups in total. The second-order valence-electron chi connectivity index (χ2n) is 5.55. The van der Waals surface area contributed by atoms with E-state index in [1.54, 1.807) is 13.4 Å². The van der Waals surface area contributed by atoms with Crippen molar-refractivity contribution in [2.45, 2.75) is 18.5 Å². The van der Waals surface area contributed by atoms with Crippen LogP contribution in [0.5, 0.6) is 5.75 Å². The molecule has 3 rings (SSSR count). The zero-order valence-electron chi connectivity index (χ0n) is 14.7. The molecule has 2 aromatic carbocycles. The summed E-state index contributed by atoms with van der Waals surface area (Å²) in [6, 6.07) is 15.5. The largest absolute Gasteiger partial charge is 0.495 e. The maximum Gasteiger partial charge on any atom is 0.234 e. The summed E-state index contributed by atoms with van der Waals surface area (Å²) in [7, 11) is 1.62. The fraction of sp³-hybridized carbons (Fsp3) is 0.211. The lowest BCUT2D eigenvalue weighted by Crippen LogP contribution is -2.14. The van der Waals surface area contributed by atoms with Crippen LogP contribution in [0.15, 0.2) is 60.0 Å². The average Bonchev–Trinajstić information content (AvgIpc) is 3.15. The van der Waals surface area contributed by atoms with Crippen LogP contribution in [0.2, 0.25) is 0 Å². The molecule has 1 heterocycles. The predicted molar refractivity (Wildman–Crippen MR) is 103 cm³/mol. The Morgan fingerprint density at radius 3 is 2.88 bits per heavy atom. The molecule has 6 nitrogen and oxygen atoms in total. The molecule has 0 fully saturated rings. The van der Waals surface area contributed by atoms with Gasteiger partial charge in [-0.05, 0) is 36.2 Å². The van der Waals surface area contributed by atoms with Gasteiger partial charge in [0.1, 0.15) is 12.1 Å². The minimum absolute atomic E-state index is 0.0853. The van der Waals surface area contributed by atoms with E-state index in [9.17, 15) is 4.79 Å². The summed E-state index contributed by atoms with van der Waals surface area (Å²) in [5, 5.41) is 11.6. The Bertz CT molecular complexity index is 895. The maximum absolute atomic E-state index is 12.3. The van der Waals surface area contributed by atoms with E-state index in [4.69, 9.17) is 4.74 Å². The Balaban J connectivity index is 1.67. The number of carbonyl (C=O) groups is 1. The molecule has 0 aliphatic heterocycles. The molecule has 0 aliphatic rings. The van der Waals surface area contributed by atoms with Gasteiger partial charge >= 0.3 is 0 Å². The quantitative estimate of drug-likeness (QED) is 0.646. The standard InChI is InChI=1S/C19H20N4O2S/c1-3-14-7-6-8-15(11-14)21-18(24)12-26-19-22-20-13-23(19)16-9-4-5-10-17(16)25-2/h4-11,13H,3,12H2,1-2H3,(H,21,24). The average molecular weight is 368 g/mol. The number of aromatic nitrogens is 3. The van der Waals surface area contributed by atoms with Gasteiger partial charge in [-0.2, -0.15) is 0 Å². The topological polar surface area (TPSA) is 69.0 Å². The molecular formula is C19H20N4O2S. The van der Waals surface area contributed by atoms with Crippen molar-refractivity contribution in [3.63, 3.8) is 0 Å². The van der Waals surface area contributed by atoms with Gasteiger partial charge in [-0.25, -0.2) is 0 Å². The Morgan fingerprint density at radius 1 is 1.23 bits per heavy atom. The molecule has 0 radical (unpaired) electrons.